The van der Waals surface area contributed by atoms with Crippen molar-refractivity contribution >= 4 is 5.91 Å². The zero-order valence-electron chi connectivity index (χ0n) is 14.5. The molecule has 0 radical (unpaired) electrons. The highest BCUT2D eigenvalue weighted by atomic mass is 16.5. The Morgan fingerprint density at radius 2 is 2.00 bits per heavy atom. The highest BCUT2D eigenvalue weighted by molar-refractivity contribution is 5.75. The first kappa shape index (κ1) is 18.1. The predicted octanol–water partition coefficient (Wildman–Crippen LogP) is 2.12. The summed E-state index contributed by atoms with van der Waals surface area (Å²) >= 11 is 0. The maximum absolute atomic E-state index is 11.9. The molecule has 7 heteroatoms. The maximum atomic E-state index is 11.9. The summed E-state index contributed by atoms with van der Waals surface area (Å²) in [6.45, 7) is 7.05. The van der Waals surface area contributed by atoms with E-state index in [4.69, 9.17) is 4.74 Å². The summed E-state index contributed by atoms with van der Waals surface area (Å²) < 4.78 is 7.26. The Hall–Kier alpha value is -2.28. The van der Waals surface area contributed by atoms with Crippen LogP contribution < -0.4 is 5.32 Å². The average Bonchev–Trinajstić information content (AvgIpc) is 3.01. The number of tetrazole rings is 1. The Morgan fingerprint density at radius 1 is 1.25 bits per heavy atom. The van der Waals surface area contributed by atoms with E-state index in [0.717, 1.165) is 12.1 Å². The minimum atomic E-state index is -0.0747. The number of amides is 1. The fraction of sp³-hybridized carbons (Fsp3) is 0.529. The molecule has 24 heavy (non-hydrogen) atoms. The van der Waals surface area contributed by atoms with Crippen LogP contribution in [0.4, 0.5) is 0 Å². The van der Waals surface area contributed by atoms with E-state index in [1.54, 1.807) is 4.68 Å². The monoisotopic (exact) mass is 331 g/mol. The van der Waals surface area contributed by atoms with Gasteiger partial charge in [-0.1, -0.05) is 32.0 Å². The molecule has 0 spiro atoms. The first-order chi connectivity index (χ1) is 11.6. The summed E-state index contributed by atoms with van der Waals surface area (Å²) in [6.07, 6.45) is 1.49. The minimum absolute atomic E-state index is 0.0747. The van der Waals surface area contributed by atoms with Gasteiger partial charge in [0.15, 0.2) is 5.82 Å². The minimum Gasteiger partial charge on any atom is -0.378 e. The molecule has 0 fully saturated rings. The van der Waals surface area contributed by atoms with E-state index >= 15 is 0 Å². The number of aromatic nitrogens is 4. The summed E-state index contributed by atoms with van der Waals surface area (Å²) in [6, 6.07) is 9.57. The lowest BCUT2D eigenvalue weighted by Gasteiger charge is -2.14. The molecule has 1 heterocycles. The topological polar surface area (TPSA) is 81.9 Å². The normalized spacial score (nSPS) is 12.3. The number of rotatable bonds is 9. The zero-order valence-corrected chi connectivity index (χ0v) is 14.5. The third-order valence-electron chi connectivity index (χ3n) is 3.51. The fourth-order valence-electron chi connectivity index (χ4n) is 2.44. The van der Waals surface area contributed by atoms with E-state index in [9.17, 15) is 4.79 Å². The number of hydrogen-bond acceptors (Lipinski definition) is 5. The maximum Gasteiger partial charge on any atom is 0.222 e. The number of nitrogens with zero attached hydrogens (tertiary/aromatic N) is 4. The van der Waals surface area contributed by atoms with E-state index < -0.39 is 0 Å². The van der Waals surface area contributed by atoms with Gasteiger partial charge in [-0.05, 0) is 41.8 Å². The van der Waals surface area contributed by atoms with Crippen molar-refractivity contribution in [2.45, 2.75) is 46.3 Å². The summed E-state index contributed by atoms with van der Waals surface area (Å²) in [5, 5.41) is 14.4. The first-order valence-corrected chi connectivity index (χ1v) is 8.27. The highest BCUT2D eigenvalue weighted by Gasteiger charge is 2.10. The van der Waals surface area contributed by atoms with Crippen molar-refractivity contribution in [1.29, 1.82) is 0 Å². The number of hydrogen-bond donors (Lipinski definition) is 1. The molecule has 0 saturated heterocycles. The molecular weight excluding hydrogens is 306 g/mol. The molecule has 2 rings (SSSR count). The van der Waals surface area contributed by atoms with Gasteiger partial charge in [0.2, 0.25) is 5.91 Å². The highest BCUT2D eigenvalue weighted by Crippen LogP contribution is 2.08. The van der Waals surface area contributed by atoms with Gasteiger partial charge >= 0.3 is 0 Å². The van der Waals surface area contributed by atoms with Gasteiger partial charge in [-0.15, -0.1) is 5.10 Å². The number of para-hydroxylation sites is 1. The summed E-state index contributed by atoms with van der Waals surface area (Å²) in [5.74, 6) is 1.10. The van der Waals surface area contributed by atoms with Crippen LogP contribution in [0, 0.1) is 5.92 Å². The molecule has 1 N–H and O–H groups in total. The quantitative estimate of drug-likeness (QED) is 0.761. The Bertz CT molecular complexity index is 627. The van der Waals surface area contributed by atoms with Crippen LogP contribution in [0.3, 0.4) is 0 Å². The van der Waals surface area contributed by atoms with Gasteiger partial charge in [0.1, 0.15) is 0 Å². The summed E-state index contributed by atoms with van der Waals surface area (Å²) in [7, 11) is 0. The van der Waals surface area contributed by atoms with Crippen molar-refractivity contribution in [1.82, 2.24) is 25.5 Å². The van der Waals surface area contributed by atoms with Crippen LogP contribution in [0.25, 0.3) is 5.69 Å². The summed E-state index contributed by atoms with van der Waals surface area (Å²) in [5.41, 5.74) is 0.859. The third kappa shape index (κ3) is 5.73. The predicted molar refractivity (Wildman–Crippen MR) is 90.5 cm³/mol. The van der Waals surface area contributed by atoms with Crippen LogP contribution in [0.15, 0.2) is 30.3 Å². The Labute approximate surface area is 142 Å². The largest absolute Gasteiger partial charge is 0.378 e. The molecule has 1 atom stereocenters. The Kier molecular flexibility index (Phi) is 6.87. The van der Waals surface area contributed by atoms with Crippen LogP contribution >= 0.6 is 0 Å². The molecule has 0 aliphatic rings. The number of carbonyl (C=O) groups excluding carboxylic acids is 1. The SMILES string of the molecule is CC(C)C[C@@H](C)OCCC(=O)NCc1nnnn1-c1ccccc1. The standard InChI is InChI=1S/C17H25N5O2/c1-13(2)11-14(3)24-10-9-17(23)18-12-16-19-20-21-22(16)15-7-5-4-6-8-15/h4-8,13-14H,9-12H2,1-3H3,(H,18,23)/t14-/m1/s1. The first-order valence-electron chi connectivity index (χ1n) is 8.27. The van der Waals surface area contributed by atoms with Gasteiger partial charge in [0.05, 0.1) is 24.9 Å². The van der Waals surface area contributed by atoms with E-state index in [1.165, 1.54) is 0 Å². The van der Waals surface area contributed by atoms with E-state index in [2.05, 4.69) is 34.7 Å². The van der Waals surface area contributed by atoms with E-state index in [-0.39, 0.29) is 18.6 Å². The van der Waals surface area contributed by atoms with Crippen LogP contribution in [-0.2, 0) is 16.1 Å². The second-order valence-corrected chi connectivity index (χ2v) is 6.18. The molecule has 2 aromatic rings. The van der Waals surface area contributed by atoms with Crippen LogP contribution in [0.1, 0.15) is 39.4 Å². The van der Waals surface area contributed by atoms with Crippen molar-refractivity contribution in [3.63, 3.8) is 0 Å². The van der Waals surface area contributed by atoms with Gasteiger partial charge in [-0.3, -0.25) is 4.79 Å². The molecule has 1 amide bonds. The lowest BCUT2D eigenvalue weighted by Crippen LogP contribution is -2.26. The van der Waals surface area contributed by atoms with Crippen molar-refractivity contribution in [3.8, 4) is 5.69 Å². The van der Waals surface area contributed by atoms with Gasteiger partial charge in [0.25, 0.3) is 0 Å². The Balaban J connectivity index is 1.76. The number of benzene rings is 1. The second kappa shape index (κ2) is 9.12. The molecule has 130 valence electrons. The Morgan fingerprint density at radius 3 is 2.71 bits per heavy atom. The van der Waals surface area contributed by atoms with Gasteiger partial charge in [0, 0.05) is 6.42 Å². The molecule has 1 aromatic heterocycles. The lowest BCUT2D eigenvalue weighted by molar-refractivity contribution is -0.122. The van der Waals surface area contributed by atoms with Crippen LogP contribution in [0.2, 0.25) is 0 Å². The summed E-state index contributed by atoms with van der Waals surface area (Å²) in [4.78, 5) is 11.9. The van der Waals surface area contributed by atoms with Crippen molar-refractivity contribution in [2.24, 2.45) is 5.92 Å². The van der Waals surface area contributed by atoms with Crippen molar-refractivity contribution in [2.75, 3.05) is 6.61 Å². The lowest BCUT2D eigenvalue weighted by atomic mass is 10.1. The van der Waals surface area contributed by atoms with Crippen molar-refractivity contribution < 1.29 is 9.53 Å². The second-order valence-electron chi connectivity index (χ2n) is 6.18. The number of ether oxygens (including phenoxy) is 1. The molecule has 7 nitrogen and oxygen atoms in total. The molecule has 0 saturated carbocycles. The molecule has 0 aliphatic carbocycles. The molecule has 0 bridgehead atoms. The molecule has 0 unspecified atom stereocenters. The molecule has 1 aromatic carbocycles. The molecule has 0 aliphatic heterocycles. The average molecular weight is 331 g/mol. The third-order valence-corrected chi connectivity index (χ3v) is 3.51. The number of nitrogens with one attached hydrogen (secondary N) is 1. The molecular formula is C17H25N5O2. The van der Waals surface area contributed by atoms with E-state index in [1.807, 2.05) is 37.3 Å². The van der Waals surface area contributed by atoms with Crippen LogP contribution in [0.5, 0.6) is 0 Å². The van der Waals surface area contributed by atoms with Gasteiger partial charge in [-0.25, -0.2) is 0 Å². The van der Waals surface area contributed by atoms with Gasteiger partial charge in [-0.2, -0.15) is 4.68 Å². The van der Waals surface area contributed by atoms with Crippen molar-refractivity contribution in [3.05, 3.63) is 36.2 Å². The van der Waals surface area contributed by atoms with E-state index in [0.29, 0.717) is 24.8 Å². The number of carbonyl (C=O) groups is 1. The van der Waals surface area contributed by atoms with Gasteiger partial charge < -0.3 is 10.1 Å². The zero-order chi connectivity index (χ0) is 17.4. The smallest absolute Gasteiger partial charge is 0.222 e. The fourth-order valence-corrected chi connectivity index (χ4v) is 2.44. The van der Waals surface area contributed by atoms with Crippen LogP contribution in [-0.4, -0.2) is 38.8 Å².